The highest BCUT2D eigenvalue weighted by atomic mass is 32.2. The molecule has 1 heterocycles. The molecule has 1 aliphatic rings. The van der Waals surface area contributed by atoms with Gasteiger partial charge in [0.2, 0.25) is 10.0 Å². The van der Waals surface area contributed by atoms with Gasteiger partial charge in [-0.2, -0.15) is 0 Å². The number of aromatic nitrogens is 1. The molecule has 3 rings (SSSR count). The van der Waals surface area contributed by atoms with Gasteiger partial charge in [-0.3, -0.25) is 9.10 Å². The highest BCUT2D eigenvalue weighted by molar-refractivity contribution is 7.92. The zero-order chi connectivity index (χ0) is 26.5. The van der Waals surface area contributed by atoms with E-state index < -0.39 is 16.1 Å². The minimum absolute atomic E-state index is 0.0720. The van der Waals surface area contributed by atoms with Crippen LogP contribution in [-0.4, -0.2) is 71.5 Å². The number of carbonyl (C=O) groups excluding carboxylic acids is 1. The molecule has 10 heteroatoms. The molecule has 4 atom stereocenters. The highest BCUT2D eigenvalue weighted by Crippen LogP contribution is 2.38. The summed E-state index contributed by atoms with van der Waals surface area (Å²) in [5, 5.41) is 3.05. The zero-order valence-electron chi connectivity index (χ0n) is 21.8. The molecule has 1 aliphatic carbocycles. The minimum Gasteiger partial charge on any atom is -0.383 e. The van der Waals surface area contributed by atoms with Crippen molar-refractivity contribution >= 4 is 27.6 Å². The van der Waals surface area contributed by atoms with Crippen molar-refractivity contribution in [3.8, 4) is 0 Å². The fraction of sp³-hybridized carbons (Fsp3) is 0.538. The molecule has 1 aromatic heterocycles. The first-order chi connectivity index (χ1) is 17.1. The lowest BCUT2D eigenvalue weighted by molar-refractivity contribution is 0.0913. The first-order valence-electron chi connectivity index (χ1n) is 12.3. The van der Waals surface area contributed by atoms with Crippen molar-refractivity contribution in [3.63, 3.8) is 0 Å². The Hall–Kier alpha value is -2.69. The maximum Gasteiger partial charge on any atom is 0.251 e. The minimum atomic E-state index is -3.56. The topological polar surface area (TPSA) is 118 Å². The predicted molar refractivity (Wildman–Crippen MR) is 144 cm³/mol. The smallest absolute Gasteiger partial charge is 0.251 e. The van der Waals surface area contributed by atoms with Crippen LogP contribution in [0.15, 0.2) is 42.5 Å². The Balaban J connectivity index is 1.92. The van der Waals surface area contributed by atoms with E-state index >= 15 is 0 Å². The molecule has 9 nitrogen and oxygen atoms in total. The maximum atomic E-state index is 13.5. The standard InChI is InChI=1S/C26H39N5O4S/c1-6-36(33,34)31(4)25-15-20(14-24(29-25)30(3)16-21-12-18(21)2)26(32)28-23(22(27)17-35-5)13-19-10-8-7-9-11-19/h7-11,14-15,18,21-23H,6,12-13,16-17,27H2,1-5H3,(H,28,32)/t18-,21?,22+,23+/m1/s1. The maximum absolute atomic E-state index is 13.5. The molecule has 36 heavy (non-hydrogen) atoms. The van der Waals surface area contributed by atoms with Crippen LogP contribution in [0.1, 0.15) is 36.2 Å². The van der Waals surface area contributed by atoms with E-state index in [9.17, 15) is 13.2 Å². The summed E-state index contributed by atoms with van der Waals surface area (Å²) in [7, 11) is 1.39. The van der Waals surface area contributed by atoms with Crippen LogP contribution >= 0.6 is 0 Å². The average molecular weight is 518 g/mol. The molecule has 3 N–H and O–H groups in total. The Bertz CT molecular complexity index is 1130. The summed E-state index contributed by atoms with van der Waals surface area (Å²) in [4.78, 5) is 20.1. The normalized spacial score (nSPS) is 18.8. The SMILES string of the molecule is CCS(=O)(=O)N(C)c1cc(C(=O)N[C@@H](Cc2ccccc2)[C@@H](N)COC)cc(N(C)CC2C[C@H]2C)n1. The number of anilines is 2. The lowest BCUT2D eigenvalue weighted by Gasteiger charge is -2.26. The second-order valence-electron chi connectivity index (χ2n) is 9.68. The van der Waals surface area contributed by atoms with Crippen molar-refractivity contribution in [2.75, 3.05) is 49.3 Å². The third-order valence-electron chi connectivity index (χ3n) is 6.83. The number of nitrogens with one attached hydrogen (secondary N) is 1. The molecule has 1 saturated carbocycles. The second kappa shape index (κ2) is 12.0. The van der Waals surface area contributed by atoms with Crippen molar-refractivity contribution in [3.05, 3.63) is 53.6 Å². The molecule has 1 fully saturated rings. The Morgan fingerprint density at radius 1 is 1.22 bits per heavy atom. The number of hydrogen-bond acceptors (Lipinski definition) is 7. The van der Waals surface area contributed by atoms with Crippen molar-refractivity contribution in [1.29, 1.82) is 0 Å². The number of benzene rings is 1. The Morgan fingerprint density at radius 2 is 1.86 bits per heavy atom. The number of nitrogens with zero attached hydrogens (tertiary/aromatic N) is 3. The number of rotatable bonds is 13. The average Bonchev–Trinajstić information content (AvgIpc) is 3.57. The molecule has 1 amide bonds. The van der Waals surface area contributed by atoms with Gasteiger partial charge in [0.15, 0.2) is 0 Å². The molecule has 0 radical (unpaired) electrons. The van der Waals surface area contributed by atoms with Crippen LogP contribution in [-0.2, 0) is 21.2 Å². The van der Waals surface area contributed by atoms with Crippen LogP contribution in [0.5, 0.6) is 0 Å². The second-order valence-corrected chi connectivity index (χ2v) is 12.0. The summed E-state index contributed by atoms with van der Waals surface area (Å²) >= 11 is 0. The van der Waals surface area contributed by atoms with Gasteiger partial charge in [-0.15, -0.1) is 0 Å². The Morgan fingerprint density at radius 3 is 2.44 bits per heavy atom. The van der Waals surface area contributed by atoms with Gasteiger partial charge in [0.05, 0.1) is 18.4 Å². The number of pyridine rings is 1. The quantitative estimate of drug-likeness (QED) is 0.418. The van der Waals surface area contributed by atoms with Gasteiger partial charge >= 0.3 is 0 Å². The largest absolute Gasteiger partial charge is 0.383 e. The van der Waals surface area contributed by atoms with E-state index in [1.54, 1.807) is 20.1 Å². The van der Waals surface area contributed by atoms with Gasteiger partial charge in [-0.1, -0.05) is 37.3 Å². The molecule has 0 spiro atoms. The van der Waals surface area contributed by atoms with Gasteiger partial charge in [0.25, 0.3) is 5.91 Å². The predicted octanol–water partition coefficient (Wildman–Crippen LogP) is 2.27. The Kier molecular flexibility index (Phi) is 9.32. The molecule has 0 aliphatic heterocycles. The van der Waals surface area contributed by atoms with E-state index in [0.29, 0.717) is 29.6 Å². The van der Waals surface area contributed by atoms with Gasteiger partial charge in [0, 0.05) is 39.4 Å². The van der Waals surface area contributed by atoms with Crippen LogP contribution in [0, 0.1) is 11.8 Å². The fourth-order valence-corrected chi connectivity index (χ4v) is 4.93. The number of nitrogens with two attached hydrogens (primary N) is 1. The number of amides is 1. The fourth-order valence-electron chi connectivity index (χ4n) is 4.16. The zero-order valence-corrected chi connectivity index (χ0v) is 22.7. The molecule has 1 unspecified atom stereocenters. The van der Waals surface area contributed by atoms with Gasteiger partial charge in [-0.05, 0) is 49.3 Å². The monoisotopic (exact) mass is 517 g/mol. The van der Waals surface area contributed by atoms with Crippen molar-refractivity contribution in [1.82, 2.24) is 10.3 Å². The summed E-state index contributed by atoms with van der Waals surface area (Å²) in [6, 6.07) is 12.2. The first kappa shape index (κ1) is 27.9. The van der Waals surface area contributed by atoms with Gasteiger partial charge < -0.3 is 20.7 Å². The van der Waals surface area contributed by atoms with Crippen LogP contribution in [0.25, 0.3) is 0 Å². The van der Waals surface area contributed by atoms with E-state index in [4.69, 9.17) is 10.5 Å². The van der Waals surface area contributed by atoms with E-state index in [1.165, 1.54) is 13.1 Å². The molecule has 198 valence electrons. The van der Waals surface area contributed by atoms with E-state index in [0.717, 1.165) is 22.8 Å². The van der Waals surface area contributed by atoms with Crippen LogP contribution in [0.2, 0.25) is 0 Å². The van der Waals surface area contributed by atoms with Gasteiger partial charge in [-0.25, -0.2) is 13.4 Å². The number of hydrogen-bond donors (Lipinski definition) is 2. The molecule has 2 aromatic rings. The van der Waals surface area contributed by atoms with Crippen LogP contribution in [0.4, 0.5) is 11.6 Å². The van der Waals surface area contributed by atoms with Crippen LogP contribution in [0.3, 0.4) is 0 Å². The lowest BCUT2D eigenvalue weighted by Crippen LogP contribution is -2.51. The summed E-state index contributed by atoms with van der Waals surface area (Å²) in [5.41, 5.74) is 7.73. The van der Waals surface area contributed by atoms with E-state index in [1.807, 2.05) is 42.3 Å². The number of carbonyl (C=O) groups is 1. The third kappa shape index (κ3) is 7.18. The number of sulfonamides is 1. The summed E-state index contributed by atoms with van der Waals surface area (Å²) in [5.74, 6) is 1.56. The molecular formula is C26H39N5O4S. The van der Waals surface area contributed by atoms with E-state index in [-0.39, 0.29) is 30.1 Å². The third-order valence-corrected chi connectivity index (χ3v) is 8.58. The van der Waals surface area contributed by atoms with Crippen molar-refractivity contribution in [2.45, 2.75) is 38.8 Å². The molecule has 0 bridgehead atoms. The molecule has 1 aromatic carbocycles. The van der Waals surface area contributed by atoms with Crippen molar-refractivity contribution in [2.24, 2.45) is 17.6 Å². The Labute approximate surface area is 215 Å². The summed E-state index contributed by atoms with van der Waals surface area (Å²) in [6.45, 7) is 4.86. The lowest BCUT2D eigenvalue weighted by atomic mass is 9.99. The summed E-state index contributed by atoms with van der Waals surface area (Å²) < 4.78 is 31.5. The number of ether oxygens (including phenoxy) is 1. The summed E-state index contributed by atoms with van der Waals surface area (Å²) in [6.07, 6.45) is 1.69. The highest BCUT2D eigenvalue weighted by Gasteiger charge is 2.34. The molecule has 0 saturated heterocycles. The van der Waals surface area contributed by atoms with Gasteiger partial charge in [0.1, 0.15) is 11.6 Å². The molecular weight excluding hydrogens is 478 g/mol. The van der Waals surface area contributed by atoms with Crippen molar-refractivity contribution < 1.29 is 17.9 Å². The number of methoxy groups -OCH3 is 1. The first-order valence-corrected chi connectivity index (χ1v) is 14.0. The van der Waals surface area contributed by atoms with E-state index in [2.05, 4.69) is 17.2 Å². The van der Waals surface area contributed by atoms with Crippen LogP contribution < -0.4 is 20.3 Å².